The van der Waals surface area contributed by atoms with Crippen molar-refractivity contribution in [3.63, 3.8) is 0 Å². The highest BCUT2D eigenvalue weighted by atomic mass is 32.2. The van der Waals surface area contributed by atoms with Crippen molar-refractivity contribution >= 4 is 21.6 Å². The maximum atomic E-state index is 12.9. The number of benzene rings is 3. The van der Waals surface area contributed by atoms with E-state index >= 15 is 0 Å². The summed E-state index contributed by atoms with van der Waals surface area (Å²) in [5.74, 6) is -0.126. The van der Waals surface area contributed by atoms with Crippen LogP contribution in [0.5, 0.6) is 0 Å². The Balaban J connectivity index is 1.35. The Kier molecular flexibility index (Phi) is 6.93. The number of anilines is 1. The molecule has 0 aromatic heterocycles. The summed E-state index contributed by atoms with van der Waals surface area (Å²) in [5, 5.41) is 2.88. The second-order valence-electron chi connectivity index (χ2n) is 8.49. The van der Waals surface area contributed by atoms with Gasteiger partial charge in [0.15, 0.2) is 0 Å². The molecule has 172 valence electrons. The Hall–Kier alpha value is -3.00. The van der Waals surface area contributed by atoms with Gasteiger partial charge in [0.2, 0.25) is 15.9 Å². The fourth-order valence-electron chi connectivity index (χ4n) is 4.35. The van der Waals surface area contributed by atoms with Crippen molar-refractivity contribution in [2.24, 2.45) is 0 Å². The number of nitrogens with zero attached hydrogens (tertiary/aromatic N) is 2. The summed E-state index contributed by atoms with van der Waals surface area (Å²) < 4.78 is 27.1. The van der Waals surface area contributed by atoms with E-state index in [-0.39, 0.29) is 29.9 Å². The number of nitrogens with one attached hydrogen (secondary N) is 1. The van der Waals surface area contributed by atoms with Crippen LogP contribution in [0.25, 0.3) is 0 Å². The number of hydrogen-bond donors (Lipinski definition) is 1. The standard InChI is InChI=1S/C26H29N3O3S/c1-28(25-17-12-21-10-6-7-11-24(21)25)19-26(30)27-22-13-15-23(16-14-22)33(31,32)29(2)18-20-8-4-3-5-9-20/h3-11,13-16,25H,12,17-19H2,1-2H3,(H,27,30)/t25-/m1/s1. The first-order chi connectivity index (χ1) is 15.8. The van der Waals surface area contributed by atoms with E-state index in [4.69, 9.17) is 0 Å². The van der Waals surface area contributed by atoms with Crippen LogP contribution >= 0.6 is 0 Å². The van der Waals surface area contributed by atoms with E-state index in [0.717, 1.165) is 18.4 Å². The summed E-state index contributed by atoms with van der Waals surface area (Å²) in [5.41, 5.74) is 4.14. The Bertz CT molecular complexity index is 1210. The first-order valence-electron chi connectivity index (χ1n) is 11.0. The molecule has 0 fully saturated rings. The molecular weight excluding hydrogens is 434 g/mol. The molecule has 0 heterocycles. The van der Waals surface area contributed by atoms with Crippen LogP contribution in [0.2, 0.25) is 0 Å². The topological polar surface area (TPSA) is 69.7 Å². The molecule has 6 nitrogen and oxygen atoms in total. The van der Waals surface area contributed by atoms with Crippen LogP contribution in [0, 0.1) is 0 Å². The molecule has 0 saturated carbocycles. The van der Waals surface area contributed by atoms with Crippen LogP contribution in [0.1, 0.15) is 29.2 Å². The normalized spacial score (nSPS) is 15.6. The van der Waals surface area contributed by atoms with Crippen LogP contribution < -0.4 is 5.32 Å². The van der Waals surface area contributed by atoms with Crippen LogP contribution in [0.3, 0.4) is 0 Å². The number of aryl methyl sites for hydroxylation is 1. The number of likely N-dealkylation sites (N-methyl/N-ethyl adjacent to an activating group) is 1. The molecule has 33 heavy (non-hydrogen) atoms. The Morgan fingerprint density at radius 2 is 1.61 bits per heavy atom. The molecule has 1 amide bonds. The third kappa shape index (κ3) is 5.33. The van der Waals surface area contributed by atoms with Gasteiger partial charge in [0.1, 0.15) is 0 Å². The summed E-state index contributed by atoms with van der Waals surface area (Å²) in [6, 6.07) is 24.4. The van der Waals surface area contributed by atoms with Gasteiger partial charge in [-0.2, -0.15) is 4.31 Å². The summed E-state index contributed by atoms with van der Waals surface area (Å²) >= 11 is 0. The lowest BCUT2D eigenvalue weighted by atomic mass is 10.1. The van der Waals surface area contributed by atoms with Gasteiger partial charge in [0.25, 0.3) is 0 Å². The van der Waals surface area contributed by atoms with Crippen LogP contribution in [0.15, 0.2) is 83.8 Å². The molecule has 4 rings (SSSR count). The monoisotopic (exact) mass is 463 g/mol. The lowest BCUT2D eigenvalue weighted by Gasteiger charge is -2.24. The van der Waals surface area contributed by atoms with Gasteiger partial charge in [-0.15, -0.1) is 0 Å². The van der Waals surface area contributed by atoms with E-state index < -0.39 is 10.0 Å². The third-order valence-electron chi connectivity index (χ3n) is 6.12. The van der Waals surface area contributed by atoms with Gasteiger partial charge in [0, 0.05) is 25.3 Å². The molecule has 0 spiro atoms. The van der Waals surface area contributed by atoms with Crippen molar-refractivity contribution < 1.29 is 13.2 Å². The second kappa shape index (κ2) is 9.87. The fourth-order valence-corrected chi connectivity index (χ4v) is 5.50. The van der Waals surface area contributed by atoms with Crippen LogP contribution in [-0.2, 0) is 27.8 Å². The van der Waals surface area contributed by atoms with Crippen molar-refractivity contribution in [2.75, 3.05) is 26.0 Å². The number of amides is 1. The van der Waals surface area contributed by atoms with Crippen molar-refractivity contribution in [1.82, 2.24) is 9.21 Å². The van der Waals surface area contributed by atoms with E-state index in [1.807, 2.05) is 43.4 Å². The highest BCUT2D eigenvalue weighted by Crippen LogP contribution is 2.34. The van der Waals surface area contributed by atoms with Crippen molar-refractivity contribution in [3.05, 3.63) is 95.6 Å². The summed E-state index contributed by atoms with van der Waals surface area (Å²) in [6.45, 7) is 0.553. The Morgan fingerprint density at radius 1 is 0.939 bits per heavy atom. The van der Waals surface area contributed by atoms with Gasteiger partial charge in [-0.25, -0.2) is 8.42 Å². The zero-order chi connectivity index (χ0) is 23.4. The van der Waals surface area contributed by atoms with Crippen molar-refractivity contribution in [3.8, 4) is 0 Å². The maximum Gasteiger partial charge on any atom is 0.243 e. The van der Waals surface area contributed by atoms with Gasteiger partial charge in [-0.05, 0) is 60.8 Å². The van der Waals surface area contributed by atoms with Gasteiger partial charge >= 0.3 is 0 Å². The van der Waals surface area contributed by atoms with E-state index in [0.29, 0.717) is 5.69 Å². The predicted octanol–water partition coefficient (Wildman–Crippen LogP) is 4.07. The summed E-state index contributed by atoms with van der Waals surface area (Å²) in [7, 11) is -0.101. The smallest absolute Gasteiger partial charge is 0.243 e. The number of carbonyl (C=O) groups excluding carboxylic acids is 1. The number of hydrogen-bond acceptors (Lipinski definition) is 4. The van der Waals surface area contributed by atoms with Crippen molar-refractivity contribution in [1.29, 1.82) is 0 Å². The first-order valence-corrected chi connectivity index (χ1v) is 12.5. The van der Waals surface area contributed by atoms with Crippen molar-refractivity contribution in [2.45, 2.75) is 30.3 Å². The molecule has 3 aromatic carbocycles. The largest absolute Gasteiger partial charge is 0.325 e. The molecule has 1 aliphatic carbocycles. The molecule has 3 aromatic rings. The molecule has 1 N–H and O–H groups in total. The van der Waals surface area contributed by atoms with E-state index in [2.05, 4.69) is 28.4 Å². The van der Waals surface area contributed by atoms with E-state index in [1.165, 1.54) is 27.6 Å². The molecule has 7 heteroatoms. The highest BCUT2D eigenvalue weighted by Gasteiger charge is 2.26. The SMILES string of the molecule is CN(CC(=O)Nc1ccc(S(=O)(=O)N(C)Cc2ccccc2)cc1)[C@@H]1CCc2ccccc21. The fraction of sp³-hybridized carbons (Fsp3) is 0.269. The molecule has 0 aliphatic heterocycles. The number of carbonyl (C=O) groups is 1. The number of rotatable bonds is 8. The minimum atomic E-state index is -3.63. The highest BCUT2D eigenvalue weighted by molar-refractivity contribution is 7.89. The minimum absolute atomic E-state index is 0.126. The summed E-state index contributed by atoms with van der Waals surface area (Å²) in [6.07, 6.45) is 2.04. The lowest BCUT2D eigenvalue weighted by Crippen LogP contribution is -2.32. The molecule has 0 bridgehead atoms. The van der Waals surface area contributed by atoms with Gasteiger partial charge in [-0.3, -0.25) is 9.69 Å². The van der Waals surface area contributed by atoms with Gasteiger partial charge < -0.3 is 5.32 Å². The Morgan fingerprint density at radius 3 is 2.33 bits per heavy atom. The molecule has 0 radical (unpaired) electrons. The zero-order valence-electron chi connectivity index (χ0n) is 18.9. The molecular formula is C26H29N3O3S. The van der Waals surface area contributed by atoms with Crippen LogP contribution in [0.4, 0.5) is 5.69 Å². The summed E-state index contributed by atoms with van der Waals surface area (Å²) in [4.78, 5) is 14.9. The third-order valence-corrected chi connectivity index (χ3v) is 7.94. The first kappa shape index (κ1) is 23.2. The molecule has 0 saturated heterocycles. The lowest BCUT2D eigenvalue weighted by molar-refractivity contribution is -0.117. The quantitative estimate of drug-likeness (QED) is 0.547. The van der Waals surface area contributed by atoms with E-state index in [9.17, 15) is 13.2 Å². The van der Waals surface area contributed by atoms with Gasteiger partial charge in [0.05, 0.1) is 11.4 Å². The number of fused-ring (bicyclic) bond motifs is 1. The minimum Gasteiger partial charge on any atom is -0.325 e. The van der Waals surface area contributed by atoms with E-state index in [1.54, 1.807) is 19.2 Å². The van der Waals surface area contributed by atoms with Crippen LogP contribution in [-0.4, -0.2) is 44.2 Å². The Labute approximate surface area is 195 Å². The molecule has 1 aliphatic rings. The maximum absolute atomic E-state index is 12.9. The molecule has 1 atom stereocenters. The average molecular weight is 464 g/mol. The second-order valence-corrected chi connectivity index (χ2v) is 10.5. The number of sulfonamides is 1. The zero-order valence-corrected chi connectivity index (χ0v) is 19.8. The average Bonchev–Trinajstić information content (AvgIpc) is 3.24. The predicted molar refractivity (Wildman–Crippen MR) is 130 cm³/mol. The van der Waals surface area contributed by atoms with Gasteiger partial charge in [-0.1, -0.05) is 54.6 Å². The molecule has 0 unspecified atom stereocenters.